The number of rotatable bonds is 4. The zero-order chi connectivity index (χ0) is 14.6. The van der Waals surface area contributed by atoms with Gasteiger partial charge in [-0.25, -0.2) is 0 Å². The van der Waals surface area contributed by atoms with Gasteiger partial charge in [0.2, 0.25) is 5.91 Å². The van der Waals surface area contributed by atoms with Crippen LogP contribution >= 0.6 is 0 Å². The third kappa shape index (κ3) is 4.52. The summed E-state index contributed by atoms with van der Waals surface area (Å²) < 4.78 is 36.0. The maximum absolute atomic E-state index is 12.0. The van der Waals surface area contributed by atoms with Gasteiger partial charge in [0, 0.05) is 6.54 Å². The minimum absolute atomic E-state index is 0.0272. The van der Waals surface area contributed by atoms with Crippen LogP contribution in [0.5, 0.6) is 0 Å². The molecule has 0 aliphatic carbocycles. The Morgan fingerprint density at radius 2 is 2.00 bits per heavy atom. The molecule has 1 aliphatic rings. The van der Waals surface area contributed by atoms with Gasteiger partial charge in [0.15, 0.2) is 0 Å². The molecule has 0 unspecified atom stereocenters. The fraction of sp³-hybridized carbons (Fsp3) is 0.500. The Bertz CT molecular complexity index is 447. The van der Waals surface area contributed by atoms with Crippen molar-refractivity contribution >= 4 is 5.91 Å². The Labute approximate surface area is 115 Å². The third-order valence-electron chi connectivity index (χ3n) is 3.40. The summed E-state index contributed by atoms with van der Waals surface area (Å²) in [6.45, 7) is 0.212. The highest BCUT2D eigenvalue weighted by molar-refractivity contribution is 5.78. The van der Waals surface area contributed by atoms with Crippen LogP contribution in [0.15, 0.2) is 30.3 Å². The van der Waals surface area contributed by atoms with E-state index in [1.54, 1.807) is 0 Å². The van der Waals surface area contributed by atoms with Crippen molar-refractivity contribution in [3.8, 4) is 0 Å². The minimum Gasteiger partial charge on any atom is -0.346 e. The summed E-state index contributed by atoms with van der Waals surface area (Å²) >= 11 is 0. The van der Waals surface area contributed by atoms with Gasteiger partial charge >= 0.3 is 6.18 Å². The molecule has 1 heterocycles. The molecule has 0 aromatic heterocycles. The highest BCUT2D eigenvalue weighted by atomic mass is 19.4. The van der Waals surface area contributed by atoms with Crippen molar-refractivity contribution in [2.75, 3.05) is 26.2 Å². The Hall–Kier alpha value is -1.56. The van der Waals surface area contributed by atoms with Crippen LogP contribution in [0.1, 0.15) is 17.9 Å². The van der Waals surface area contributed by atoms with Crippen LogP contribution in [0, 0.1) is 0 Å². The first-order valence-electron chi connectivity index (χ1n) is 6.55. The van der Waals surface area contributed by atoms with Crippen LogP contribution < -0.4 is 5.32 Å². The lowest BCUT2D eigenvalue weighted by molar-refractivity contribution is -0.138. The quantitative estimate of drug-likeness (QED) is 0.920. The number of alkyl halides is 3. The highest BCUT2D eigenvalue weighted by Crippen LogP contribution is 2.26. The maximum atomic E-state index is 12.0. The van der Waals surface area contributed by atoms with Gasteiger partial charge in [-0.05, 0) is 24.4 Å². The highest BCUT2D eigenvalue weighted by Gasteiger charge is 2.29. The molecular formula is C14H17F3N2O. The Balaban J connectivity index is 1.77. The molecule has 0 saturated carbocycles. The Morgan fingerprint density at radius 3 is 2.65 bits per heavy atom. The van der Waals surface area contributed by atoms with Crippen molar-refractivity contribution in [2.45, 2.75) is 18.5 Å². The minimum atomic E-state index is -4.35. The van der Waals surface area contributed by atoms with Gasteiger partial charge in [-0.1, -0.05) is 30.3 Å². The lowest BCUT2D eigenvalue weighted by Crippen LogP contribution is -2.40. The number of halogens is 3. The molecular weight excluding hydrogens is 269 g/mol. The summed E-state index contributed by atoms with van der Waals surface area (Å²) in [6.07, 6.45) is -3.43. The standard InChI is InChI=1S/C14H17F3N2O/c15-14(16,17)10-18-13(20)9-19-7-6-12(8-19)11-4-2-1-3-5-11/h1-5,12H,6-10H2,(H,18,20)/t12-/m1/s1. The first-order chi connectivity index (χ1) is 9.44. The van der Waals surface area contributed by atoms with Crippen LogP contribution in [0.25, 0.3) is 0 Å². The maximum Gasteiger partial charge on any atom is 0.405 e. The van der Waals surface area contributed by atoms with Crippen LogP contribution in [0.2, 0.25) is 0 Å². The third-order valence-corrected chi connectivity index (χ3v) is 3.40. The van der Waals surface area contributed by atoms with Crippen LogP contribution in [-0.4, -0.2) is 43.2 Å². The van der Waals surface area contributed by atoms with Crippen molar-refractivity contribution in [1.29, 1.82) is 0 Å². The van der Waals surface area contributed by atoms with Crippen molar-refractivity contribution in [3.63, 3.8) is 0 Å². The van der Waals surface area contributed by atoms with Crippen LogP contribution in [0.4, 0.5) is 13.2 Å². The van der Waals surface area contributed by atoms with E-state index in [0.717, 1.165) is 13.0 Å². The smallest absolute Gasteiger partial charge is 0.346 e. The number of amides is 1. The van der Waals surface area contributed by atoms with E-state index in [4.69, 9.17) is 0 Å². The number of likely N-dealkylation sites (tertiary alicyclic amines) is 1. The largest absolute Gasteiger partial charge is 0.405 e. The SMILES string of the molecule is O=C(CN1CC[C@@H](c2ccccc2)C1)NCC(F)(F)F. The first-order valence-corrected chi connectivity index (χ1v) is 6.55. The average Bonchev–Trinajstić information content (AvgIpc) is 2.85. The molecule has 2 rings (SSSR count). The molecule has 1 amide bonds. The monoisotopic (exact) mass is 286 g/mol. The Morgan fingerprint density at radius 1 is 1.30 bits per heavy atom. The number of carbonyl (C=O) groups excluding carboxylic acids is 1. The molecule has 3 nitrogen and oxygen atoms in total. The molecule has 1 saturated heterocycles. The molecule has 110 valence electrons. The molecule has 6 heteroatoms. The van der Waals surface area contributed by atoms with E-state index >= 15 is 0 Å². The van der Waals surface area contributed by atoms with Gasteiger partial charge in [0.25, 0.3) is 0 Å². The molecule has 1 aliphatic heterocycles. The van der Waals surface area contributed by atoms with Gasteiger partial charge in [-0.2, -0.15) is 13.2 Å². The van der Waals surface area contributed by atoms with Crippen molar-refractivity contribution in [2.24, 2.45) is 0 Å². The molecule has 1 fully saturated rings. The van der Waals surface area contributed by atoms with E-state index < -0.39 is 18.6 Å². The number of hydrogen-bond donors (Lipinski definition) is 1. The molecule has 1 N–H and O–H groups in total. The van der Waals surface area contributed by atoms with Gasteiger partial charge < -0.3 is 5.32 Å². The van der Waals surface area contributed by atoms with Crippen LogP contribution in [0.3, 0.4) is 0 Å². The first kappa shape index (κ1) is 14.8. The summed E-state index contributed by atoms with van der Waals surface area (Å²) in [7, 11) is 0. The lowest BCUT2D eigenvalue weighted by atomic mass is 9.99. The summed E-state index contributed by atoms with van der Waals surface area (Å²) in [5.74, 6) is -0.220. The van der Waals surface area contributed by atoms with Gasteiger partial charge in [-0.15, -0.1) is 0 Å². The summed E-state index contributed by atoms with van der Waals surface area (Å²) in [5, 5.41) is 1.90. The predicted octanol–water partition coefficient (Wildman–Crippen LogP) is 2.15. The van der Waals surface area contributed by atoms with Gasteiger partial charge in [0.05, 0.1) is 6.54 Å². The topological polar surface area (TPSA) is 32.3 Å². The number of nitrogens with zero attached hydrogens (tertiary/aromatic N) is 1. The molecule has 0 radical (unpaired) electrons. The second-order valence-electron chi connectivity index (χ2n) is 5.02. The number of nitrogens with one attached hydrogen (secondary N) is 1. The summed E-state index contributed by atoms with van der Waals surface area (Å²) in [6, 6.07) is 9.96. The summed E-state index contributed by atoms with van der Waals surface area (Å²) in [4.78, 5) is 13.3. The second-order valence-corrected chi connectivity index (χ2v) is 5.02. The fourth-order valence-electron chi connectivity index (χ4n) is 2.43. The van der Waals surface area contributed by atoms with E-state index in [1.165, 1.54) is 5.56 Å². The van der Waals surface area contributed by atoms with Crippen molar-refractivity contribution < 1.29 is 18.0 Å². The molecule has 1 aromatic carbocycles. The van der Waals surface area contributed by atoms with Crippen molar-refractivity contribution in [3.05, 3.63) is 35.9 Å². The normalized spacial score (nSPS) is 20.1. The predicted molar refractivity (Wildman–Crippen MR) is 69.3 cm³/mol. The van der Waals surface area contributed by atoms with Gasteiger partial charge in [-0.3, -0.25) is 9.69 Å². The number of benzene rings is 1. The van der Waals surface area contributed by atoms with Gasteiger partial charge in [0.1, 0.15) is 6.54 Å². The average molecular weight is 286 g/mol. The van der Waals surface area contributed by atoms with Crippen LogP contribution in [-0.2, 0) is 4.79 Å². The second kappa shape index (κ2) is 6.26. The molecule has 1 atom stereocenters. The molecule has 0 spiro atoms. The summed E-state index contributed by atoms with van der Waals surface area (Å²) in [5.41, 5.74) is 1.21. The van der Waals surface area contributed by atoms with E-state index in [9.17, 15) is 18.0 Å². The van der Waals surface area contributed by atoms with E-state index in [2.05, 4.69) is 0 Å². The van der Waals surface area contributed by atoms with Crippen molar-refractivity contribution in [1.82, 2.24) is 10.2 Å². The number of carbonyl (C=O) groups is 1. The molecule has 1 aromatic rings. The van der Waals surface area contributed by atoms with E-state index in [0.29, 0.717) is 12.5 Å². The lowest BCUT2D eigenvalue weighted by Gasteiger charge is -2.16. The van der Waals surface area contributed by atoms with E-state index in [-0.39, 0.29) is 6.54 Å². The number of hydrogen-bond acceptors (Lipinski definition) is 2. The Kier molecular flexibility index (Phi) is 4.65. The fourth-order valence-corrected chi connectivity index (χ4v) is 2.43. The van der Waals surface area contributed by atoms with E-state index in [1.807, 2.05) is 40.5 Å². The molecule has 20 heavy (non-hydrogen) atoms. The zero-order valence-corrected chi connectivity index (χ0v) is 11.0. The zero-order valence-electron chi connectivity index (χ0n) is 11.0. The molecule has 0 bridgehead atoms.